The van der Waals surface area contributed by atoms with E-state index in [4.69, 9.17) is 33.0 Å². The lowest BCUT2D eigenvalue weighted by molar-refractivity contribution is -0.131. The molecular formula is C21H23Cl2N3O4S2. The summed E-state index contributed by atoms with van der Waals surface area (Å²) in [5.74, 6) is -0.878. The molecule has 1 amide bonds. The summed E-state index contributed by atoms with van der Waals surface area (Å²) in [6, 6.07) is 5.63. The van der Waals surface area contributed by atoms with E-state index in [-0.39, 0.29) is 17.8 Å². The Bertz CT molecular complexity index is 999. The van der Waals surface area contributed by atoms with Gasteiger partial charge in [-0.25, -0.2) is 9.78 Å². The van der Waals surface area contributed by atoms with Crippen molar-refractivity contribution < 1.29 is 19.4 Å². The van der Waals surface area contributed by atoms with Crippen LogP contribution in [0.5, 0.6) is 0 Å². The number of hydrogen-bond donors (Lipinski definition) is 2. The summed E-state index contributed by atoms with van der Waals surface area (Å²) in [4.78, 5) is 30.3. The van der Waals surface area contributed by atoms with Crippen LogP contribution in [0.1, 0.15) is 16.1 Å². The molecule has 0 radical (unpaired) electrons. The summed E-state index contributed by atoms with van der Waals surface area (Å²) < 4.78 is 6.52. The molecule has 172 valence electrons. The third-order valence-electron chi connectivity index (χ3n) is 4.66. The molecule has 7 nitrogen and oxygen atoms in total. The molecule has 2 N–H and O–H groups in total. The van der Waals surface area contributed by atoms with Crippen molar-refractivity contribution in [2.45, 2.75) is 23.9 Å². The second-order valence-electron chi connectivity index (χ2n) is 7.17. The molecule has 1 aromatic carbocycles. The Kier molecular flexibility index (Phi) is 9.39. The molecule has 1 aliphatic heterocycles. The van der Waals surface area contributed by atoms with Crippen molar-refractivity contribution in [3.05, 3.63) is 50.5 Å². The lowest BCUT2D eigenvalue weighted by Gasteiger charge is -2.33. The van der Waals surface area contributed by atoms with Gasteiger partial charge in [0.15, 0.2) is 4.34 Å². The average molecular weight is 516 g/mol. The summed E-state index contributed by atoms with van der Waals surface area (Å²) in [7, 11) is 0. The highest BCUT2D eigenvalue weighted by Gasteiger charge is 2.21. The normalized spacial score (nSPS) is 17.0. The number of benzene rings is 1. The second-order valence-corrected chi connectivity index (χ2v) is 10.2. The summed E-state index contributed by atoms with van der Waals surface area (Å²) >= 11 is 14.8. The number of aliphatic carboxylic acids is 1. The number of thioether (sulfide) groups is 1. The Labute approximate surface area is 204 Å². The number of ether oxygens (including phenoxy) is 1. The third-order valence-corrected chi connectivity index (χ3v) is 7.66. The minimum absolute atomic E-state index is 0.0877. The molecule has 0 aliphatic carbocycles. The number of nitrogens with zero attached hydrogens (tertiary/aromatic N) is 2. The fourth-order valence-electron chi connectivity index (χ4n) is 3.10. The largest absolute Gasteiger partial charge is 0.478 e. The number of carbonyl (C=O) groups excluding carboxylic acids is 1. The van der Waals surface area contributed by atoms with Crippen LogP contribution >= 0.6 is 46.3 Å². The first-order valence-corrected chi connectivity index (χ1v) is 12.4. The van der Waals surface area contributed by atoms with Crippen molar-refractivity contribution in [3.8, 4) is 0 Å². The smallest absolute Gasteiger partial charge is 0.328 e. The van der Waals surface area contributed by atoms with Crippen LogP contribution in [0.15, 0.2) is 28.6 Å². The molecule has 1 unspecified atom stereocenters. The van der Waals surface area contributed by atoms with Crippen LogP contribution in [0.3, 0.4) is 0 Å². The van der Waals surface area contributed by atoms with Gasteiger partial charge in [0.1, 0.15) is 0 Å². The Morgan fingerprint density at radius 1 is 1.41 bits per heavy atom. The summed E-state index contributed by atoms with van der Waals surface area (Å²) in [6.07, 6.45) is 2.51. The predicted molar refractivity (Wildman–Crippen MR) is 129 cm³/mol. The molecule has 11 heteroatoms. The fourth-order valence-corrected chi connectivity index (χ4v) is 5.36. The zero-order chi connectivity index (χ0) is 23.1. The van der Waals surface area contributed by atoms with Crippen molar-refractivity contribution in [3.63, 3.8) is 0 Å². The van der Waals surface area contributed by atoms with Gasteiger partial charge in [-0.15, -0.1) is 11.3 Å². The van der Waals surface area contributed by atoms with Crippen LogP contribution in [-0.2, 0) is 20.9 Å². The van der Waals surface area contributed by atoms with Gasteiger partial charge in [-0.3, -0.25) is 9.69 Å². The number of aromatic nitrogens is 1. The number of halogens is 2. The molecule has 0 bridgehead atoms. The first-order valence-electron chi connectivity index (χ1n) is 9.86. The molecule has 2 aromatic rings. The highest BCUT2D eigenvalue weighted by atomic mass is 35.5. The van der Waals surface area contributed by atoms with Gasteiger partial charge in [-0.1, -0.05) is 41.0 Å². The molecule has 1 aromatic heterocycles. The minimum atomic E-state index is -1.01. The minimum Gasteiger partial charge on any atom is -0.478 e. The molecule has 2 heterocycles. The van der Waals surface area contributed by atoms with Crippen molar-refractivity contribution in [2.75, 3.05) is 32.0 Å². The number of thiazole rings is 1. The highest BCUT2D eigenvalue weighted by molar-refractivity contribution is 8.01. The van der Waals surface area contributed by atoms with Gasteiger partial charge in [-0.05, 0) is 30.7 Å². The van der Waals surface area contributed by atoms with Crippen LogP contribution in [0.25, 0.3) is 6.08 Å². The number of carbonyl (C=O) groups is 2. The molecule has 1 fully saturated rings. The van der Waals surface area contributed by atoms with Crippen molar-refractivity contribution in [1.82, 2.24) is 15.2 Å². The van der Waals surface area contributed by atoms with Gasteiger partial charge in [-0.2, -0.15) is 0 Å². The number of morpholine rings is 1. The lowest BCUT2D eigenvalue weighted by Crippen LogP contribution is -2.47. The monoisotopic (exact) mass is 515 g/mol. The zero-order valence-corrected chi connectivity index (χ0v) is 20.5. The maximum Gasteiger partial charge on any atom is 0.328 e. The quantitative estimate of drug-likeness (QED) is 0.385. The topological polar surface area (TPSA) is 91.8 Å². The van der Waals surface area contributed by atoms with Crippen LogP contribution < -0.4 is 5.32 Å². The van der Waals surface area contributed by atoms with E-state index in [1.165, 1.54) is 29.2 Å². The Hall–Kier alpha value is -1.62. The molecular weight excluding hydrogens is 493 g/mol. The number of amides is 1. The van der Waals surface area contributed by atoms with Crippen LogP contribution in [-0.4, -0.2) is 65.0 Å². The first-order chi connectivity index (χ1) is 15.3. The zero-order valence-electron chi connectivity index (χ0n) is 17.3. The molecule has 0 spiro atoms. The van der Waals surface area contributed by atoms with Gasteiger partial charge in [0, 0.05) is 32.3 Å². The van der Waals surface area contributed by atoms with E-state index in [0.29, 0.717) is 29.7 Å². The van der Waals surface area contributed by atoms with E-state index in [1.54, 1.807) is 6.07 Å². The van der Waals surface area contributed by atoms with Gasteiger partial charge >= 0.3 is 5.97 Å². The third kappa shape index (κ3) is 7.75. The van der Waals surface area contributed by atoms with E-state index in [1.807, 2.05) is 19.1 Å². The van der Waals surface area contributed by atoms with E-state index in [2.05, 4.69) is 15.2 Å². The van der Waals surface area contributed by atoms with E-state index in [0.717, 1.165) is 39.6 Å². The number of aryl methyl sites for hydroxylation is 1. The Morgan fingerprint density at radius 2 is 2.22 bits per heavy atom. The molecule has 1 saturated heterocycles. The number of carboxylic acid groups (broad SMARTS) is 1. The molecule has 1 atom stereocenters. The number of nitrogens with one attached hydrogen (secondary N) is 1. The van der Waals surface area contributed by atoms with Crippen molar-refractivity contribution in [2.24, 2.45) is 0 Å². The average Bonchev–Trinajstić information content (AvgIpc) is 3.11. The highest BCUT2D eigenvalue weighted by Crippen LogP contribution is 2.28. The molecule has 32 heavy (non-hydrogen) atoms. The lowest BCUT2D eigenvalue weighted by atomic mass is 10.2. The van der Waals surface area contributed by atoms with Crippen LogP contribution in [0.4, 0.5) is 0 Å². The SMILES string of the molecule is Cc1nc(SCC(=O)NCC2CN(Cc3ccc(Cl)c(Cl)c3)CCO2)sc1C=CC(=O)O. The number of carboxylic acids is 1. The number of hydrogen-bond acceptors (Lipinski definition) is 7. The molecule has 0 saturated carbocycles. The van der Waals surface area contributed by atoms with Gasteiger partial charge in [0.2, 0.25) is 5.91 Å². The summed E-state index contributed by atoms with van der Waals surface area (Å²) in [5, 5.41) is 12.7. The van der Waals surface area contributed by atoms with E-state index < -0.39 is 5.97 Å². The predicted octanol–water partition coefficient (Wildman–Crippen LogP) is 3.97. The first kappa shape index (κ1) is 25.0. The maximum absolute atomic E-state index is 12.3. The molecule has 1 aliphatic rings. The van der Waals surface area contributed by atoms with Gasteiger partial charge in [0.25, 0.3) is 0 Å². The Morgan fingerprint density at radius 3 is 2.97 bits per heavy atom. The van der Waals surface area contributed by atoms with Crippen molar-refractivity contribution >= 4 is 64.3 Å². The van der Waals surface area contributed by atoms with Gasteiger partial charge < -0.3 is 15.2 Å². The number of rotatable bonds is 9. The fraction of sp³-hybridized carbons (Fsp3) is 0.381. The van der Waals surface area contributed by atoms with E-state index >= 15 is 0 Å². The van der Waals surface area contributed by atoms with Crippen molar-refractivity contribution in [1.29, 1.82) is 0 Å². The van der Waals surface area contributed by atoms with Gasteiger partial charge in [0.05, 0.1) is 39.1 Å². The standard InChI is InChI=1S/C21H23Cl2N3O4S2/c1-13-18(4-5-20(28)29)32-21(25-13)31-12-19(27)24-9-15-11-26(6-7-30-15)10-14-2-3-16(22)17(23)8-14/h2-5,8,15H,6-7,9-12H2,1H3,(H,24,27)(H,28,29). The maximum atomic E-state index is 12.3. The molecule has 3 rings (SSSR count). The summed E-state index contributed by atoms with van der Waals surface area (Å²) in [5.41, 5.74) is 1.82. The second kappa shape index (κ2) is 12.0. The Balaban J connectivity index is 1.42. The van der Waals surface area contributed by atoms with Crippen LogP contribution in [0.2, 0.25) is 10.0 Å². The van der Waals surface area contributed by atoms with E-state index in [9.17, 15) is 9.59 Å². The summed E-state index contributed by atoms with van der Waals surface area (Å²) in [6.45, 7) is 5.10. The van der Waals surface area contributed by atoms with Crippen LogP contribution in [0, 0.1) is 6.92 Å².